The van der Waals surface area contributed by atoms with Crippen LogP contribution in [0.15, 0.2) is 66.9 Å². The number of amides is 2. The maximum absolute atomic E-state index is 14.5. The second kappa shape index (κ2) is 8.80. The summed E-state index contributed by atoms with van der Waals surface area (Å²) < 4.78 is 41.9. The molecule has 2 N–H and O–H groups in total. The highest BCUT2D eigenvalue weighted by molar-refractivity contribution is 6.11. The van der Waals surface area contributed by atoms with Gasteiger partial charge < -0.3 is 10.6 Å². The van der Waals surface area contributed by atoms with Crippen molar-refractivity contribution in [3.8, 4) is 6.07 Å². The second-order valence-electron chi connectivity index (χ2n) is 6.98. The van der Waals surface area contributed by atoms with Gasteiger partial charge in [-0.25, -0.2) is 18.0 Å². The van der Waals surface area contributed by atoms with Crippen molar-refractivity contribution in [1.82, 2.24) is 4.98 Å². The minimum Gasteiger partial charge on any atom is -0.308 e. The van der Waals surface area contributed by atoms with Gasteiger partial charge in [0.25, 0.3) is 0 Å². The van der Waals surface area contributed by atoms with E-state index in [1.165, 1.54) is 48.7 Å². The zero-order chi connectivity index (χ0) is 23.5. The van der Waals surface area contributed by atoms with E-state index in [1.807, 2.05) is 6.07 Å². The third kappa shape index (κ3) is 4.65. The van der Waals surface area contributed by atoms with Crippen molar-refractivity contribution in [3.63, 3.8) is 0 Å². The highest BCUT2D eigenvalue weighted by atomic mass is 19.2. The molecule has 2 amide bonds. The first-order valence-corrected chi connectivity index (χ1v) is 9.51. The van der Waals surface area contributed by atoms with Gasteiger partial charge in [0.2, 0.25) is 0 Å². The van der Waals surface area contributed by atoms with Gasteiger partial charge >= 0.3 is 6.03 Å². The Kier molecular flexibility index (Phi) is 5.74. The SMILES string of the molecule is N#Cc1cnc2ccc(C(=O)c3cc(NC(=O)Nc4cccc(F)c4)cc(F)c3F)cc2c1. The number of carbonyl (C=O) groups is 2. The molecule has 0 aliphatic rings. The zero-order valence-corrected chi connectivity index (χ0v) is 16.7. The number of pyridine rings is 1. The quantitative estimate of drug-likeness (QED) is 0.411. The second-order valence-corrected chi connectivity index (χ2v) is 6.98. The standard InChI is InChI=1S/C24H13F3N4O2/c25-16-2-1-3-17(8-16)30-24(33)31-18-9-19(22(27)20(26)10-18)23(32)14-4-5-21-15(7-14)6-13(11-28)12-29-21/h1-10,12H,(H2,30,31,33). The predicted molar refractivity (Wildman–Crippen MR) is 115 cm³/mol. The smallest absolute Gasteiger partial charge is 0.308 e. The largest absolute Gasteiger partial charge is 0.323 e. The number of urea groups is 1. The lowest BCUT2D eigenvalue weighted by Crippen LogP contribution is -2.20. The number of halogens is 3. The predicted octanol–water partition coefficient (Wildman–Crippen LogP) is 5.40. The highest BCUT2D eigenvalue weighted by Crippen LogP contribution is 2.24. The molecule has 1 heterocycles. The van der Waals surface area contributed by atoms with Crippen LogP contribution in [0.5, 0.6) is 0 Å². The van der Waals surface area contributed by atoms with Crippen LogP contribution in [0.3, 0.4) is 0 Å². The molecule has 0 saturated carbocycles. The van der Waals surface area contributed by atoms with Crippen molar-refractivity contribution in [2.45, 2.75) is 0 Å². The molecule has 3 aromatic carbocycles. The molecule has 1 aromatic heterocycles. The van der Waals surface area contributed by atoms with Gasteiger partial charge in [-0.15, -0.1) is 0 Å². The maximum atomic E-state index is 14.5. The average molecular weight is 446 g/mol. The van der Waals surface area contributed by atoms with Crippen LogP contribution in [0.25, 0.3) is 10.9 Å². The molecule has 0 radical (unpaired) electrons. The molecule has 0 fully saturated rings. The van der Waals surface area contributed by atoms with Gasteiger partial charge in [-0.1, -0.05) is 6.07 Å². The molecule has 0 aliphatic carbocycles. The summed E-state index contributed by atoms with van der Waals surface area (Å²) in [4.78, 5) is 29.2. The molecular weight excluding hydrogens is 433 g/mol. The lowest BCUT2D eigenvalue weighted by molar-refractivity contribution is 0.103. The number of nitrogens with zero attached hydrogens (tertiary/aromatic N) is 2. The molecule has 0 bridgehead atoms. The van der Waals surface area contributed by atoms with Crippen molar-refractivity contribution < 1.29 is 22.8 Å². The van der Waals surface area contributed by atoms with Crippen LogP contribution in [0.4, 0.5) is 29.3 Å². The Balaban J connectivity index is 1.62. The van der Waals surface area contributed by atoms with Gasteiger partial charge in [0.1, 0.15) is 11.9 Å². The molecule has 0 aliphatic heterocycles. The summed E-state index contributed by atoms with van der Waals surface area (Å²) in [5.41, 5.74) is 0.202. The van der Waals surface area contributed by atoms with Crippen LogP contribution >= 0.6 is 0 Å². The number of carbonyl (C=O) groups excluding carboxylic acids is 2. The molecular formula is C24H13F3N4O2. The lowest BCUT2D eigenvalue weighted by Gasteiger charge is -2.11. The van der Waals surface area contributed by atoms with Gasteiger partial charge in [-0.05, 0) is 48.5 Å². The molecule has 4 rings (SSSR count). The molecule has 0 spiro atoms. The van der Waals surface area contributed by atoms with Crippen molar-refractivity contribution in [2.24, 2.45) is 0 Å². The van der Waals surface area contributed by atoms with Gasteiger partial charge in [0.15, 0.2) is 17.4 Å². The molecule has 162 valence electrons. The molecule has 9 heteroatoms. The van der Waals surface area contributed by atoms with E-state index >= 15 is 0 Å². The number of nitrogens with one attached hydrogen (secondary N) is 2. The minimum atomic E-state index is -1.37. The Morgan fingerprint density at radius 2 is 1.70 bits per heavy atom. The van der Waals surface area contributed by atoms with Crippen molar-refractivity contribution in [2.75, 3.05) is 10.6 Å². The summed E-state index contributed by atoms with van der Waals surface area (Å²) in [5.74, 6) is -4.11. The Morgan fingerprint density at radius 1 is 0.909 bits per heavy atom. The van der Waals surface area contributed by atoms with E-state index in [4.69, 9.17) is 5.26 Å². The number of hydrogen-bond acceptors (Lipinski definition) is 4. The molecule has 33 heavy (non-hydrogen) atoms. The summed E-state index contributed by atoms with van der Waals surface area (Å²) in [5, 5.41) is 14.1. The normalized spacial score (nSPS) is 10.5. The van der Waals surface area contributed by atoms with Gasteiger partial charge in [0.05, 0.1) is 16.6 Å². The third-order valence-electron chi connectivity index (χ3n) is 4.69. The van der Waals surface area contributed by atoms with Gasteiger partial charge in [-0.2, -0.15) is 5.26 Å². The summed E-state index contributed by atoms with van der Waals surface area (Å²) in [6.45, 7) is 0. The van der Waals surface area contributed by atoms with Gasteiger partial charge in [-0.3, -0.25) is 9.78 Å². The number of aromatic nitrogens is 1. The zero-order valence-electron chi connectivity index (χ0n) is 16.7. The highest BCUT2D eigenvalue weighted by Gasteiger charge is 2.20. The maximum Gasteiger partial charge on any atom is 0.323 e. The Hall–Kier alpha value is -4.71. The minimum absolute atomic E-state index is 0.0408. The van der Waals surface area contributed by atoms with E-state index in [2.05, 4.69) is 15.6 Å². The van der Waals surface area contributed by atoms with Crippen molar-refractivity contribution >= 4 is 34.1 Å². The number of ketones is 1. The number of hydrogen-bond donors (Lipinski definition) is 2. The first-order chi connectivity index (χ1) is 15.8. The number of anilines is 2. The summed E-state index contributed by atoms with van der Waals surface area (Å²) >= 11 is 0. The molecule has 4 aromatic rings. The molecule has 0 unspecified atom stereocenters. The van der Waals surface area contributed by atoms with E-state index in [-0.39, 0.29) is 22.5 Å². The fraction of sp³-hybridized carbons (Fsp3) is 0. The number of nitriles is 1. The first-order valence-electron chi connectivity index (χ1n) is 9.51. The molecule has 0 atom stereocenters. The van der Waals surface area contributed by atoms with Crippen LogP contribution in [0, 0.1) is 28.8 Å². The summed E-state index contributed by atoms with van der Waals surface area (Å²) in [7, 11) is 0. The number of benzene rings is 3. The van der Waals surface area contributed by atoms with Gasteiger partial charge in [0, 0.05) is 34.6 Å². The van der Waals surface area contributed by atoms with E-state index in [0.717, 1.165) is 18.2 Å². The van der Waals surface area contributed by atoms with Crippen LogP contribution < -0.4 is 10.6 Å². The first kappa shape index (κ1) is 21.5. The van der Waals surface area contributed by atoms with Crippen molar-refractivity contribution in [1.29, 1.82) is 5.26 Å². The van der Waals surface area contributed by atoms with Crippen LogP contribution in [0.2, 0.25) is 0 Å². The molecule has 0 saturated heterocycles. The number of rotatable bonds is 4. The monoisotopic (exact) mass is 446 g/mol. The number of fused-ring (bicyclic) bond motifs is 1. The third-order valence-corrected chi connectivity index (χ3v) is 4.69. The molecule has 6 nitrogen and oxygen atoms in total. The van der Waals surface area contributed by atoms with E-state index in [1.54, 1.807) is 0 Å². The fourth-order valence-electron chi connectivity index (χ4n) is 3.18. The van der Waals surface area contributed by atoms with E-state index in [9.17, 15) is 22.8 Å². The lowest BCUT2D eigenvalue weighted by atomic mass is 10.00. The Morgan fingerprint density at radius 3 is 2.45 bits per heavy atom. The summed E-state index contributed by atoms with van der Waals surface area (Å²) in [6.07, 6.45) is 1.38. The van der Waals surface area contributed by atoms with Crippen molar-refractivity contribution in [3.05, 3.63) is 101 Å². The van der Waals surface area contributed by atoms with Crippen LogP contribution in [-0.4, -0.2) is 16.8 Å². The van der Waals surface area contributed by atoms with Crippen LogP contribution in [-0.2, 0) is 0 Å². The Bertz CT molecular complexity index is 1460. The topological polar surface area (TPSA) is 94.9 Å². The Labute approximate surface area is 185 Å². The van der Waals surface area contributed by atoms with E-state index < -0.39 is 34.8 Å². The van der Waals surface area contributed by atoms with E-state index in [0.29, 0.717) is 10.9 Å². The average Bonchev–Trinajstić information content (AvgIpc) is 2.80. The van der Waals surface area contributed by atoms with Crippen LogP contribution in [0.1, 0.15) is 21.5 Å². The summed E-state index contributed by atoms with van der Waals surface area (Å²) in [6, 6.07) is 13.8. The fourth-order valence-corrected chi connectivity index (χ4v) is 3.18.